The molecule has 1 N–H and O–H groups in total. The Morgan fingerprint density at radius 3 is 2.85 bits per heavy atom. The Bertz CT molecular complexity index is 454. The standard InChI is InChI=1S/C17H27N3/c1-13-4-3-8-20(9-7-13)17-14(2)10-15(12-19-17)11-18-16-5-6-16/h10,12-13,16,18H,3-9,11H2,1-2H3. The van der Waals surface area contributed by atoms with Crippen molar-refractivity contribution in [3.63, 3.8) is 0 Å². The molecular formula is C17H27N3. The van der Waals surface area contributed by atoms with Crippen molar-refractivity contribution < 1.29 is 0 Å². The average molecular weight is 273 g/mol. The third kappa shape index (κ3) is 3.51. The molecule has 1 unspecified atom stereocenters. The summed E-state index contributed by atoms with van der Waals surface area (Å²) in [6.45, 7) is 7.87. The van der Waals surface area contributed by atoms with Crippen molar-refractivity contribution in [1.82, 2.24) is 10.3 Å². The lowest BCUT2D eigenvalue weighted by Gasteiger charge is -2.23. The predicted octanol–water partition coefficient (Wildman–Crippen LogP) is 3.27. The van der Waals surface area contributed by atoms with Gasteiger partial charge in [-0.25, -0.2) is 4.98 Å². The minimum Gasteiger partial charge on any atom is -0.356 e. The van der Waals surface area contributed by atoms with E-state index < -0.39 is 0 Å². The Balaban J connectivity index is 1.66. The fraction of sp³-hybridized carbons (Fsp3) is 0.706. The van der Waals surface area contributed by atoms with Crippen LogP contribution in [-0.2, 0) is 6.54 Å². The molecule has 110 valence electrons. The Kier molecular flexibility index (Phi) is 4.25. The minimum atomic E-state index is 0.766. The maximum absolute atomic E-state index is 4.75. The first kappa shape index (κ1) is 13.9. The van der Waals surface area contributed by atoms with Crippen molar-refractivity contribution in [3.8, 4) is 0 Å². The molecule has 3 rings (SSSR count). The van der Waals surface area contributed by atoms with Crippen molar-refractivity contribution in [2.45, 2.75) is 58.5 Å². The predicted molar refractivity (Wildman–Crippen MR) is 84.1 cm³/mol. The van der Waals surface area contributed by atoms with E-state index in [0.29, 0.717) is 0 Å². The largest absolute Gasteiger partial charge is 0.356 e. The van der Waals surface area contributed by atoms with E-state index in [-0.39, 0.29) is 0 Å². The molecule has 2 fully saturated rings. The summed E-state index contributed by atoms with van der Waals surface area (Å²) >= 11 is 0. The molecule has 3 nitrogen and oxygen atoms in total. The van der Waals surface area contributed by atoms with E-state index in [1.165, 1.54) is 49.0 Å². The fourth-order valence-electron chi connectivity index (χ4n) is 3.08. The second-order valence-corrected chi connectivity index (χ2v) is 6.66. The van der Waals surface area contributed by atoms with Crippen LogP contribution in [0.2, 0.25) is 0 Å². The number of anilines is 1. The summed E-state index contributed by atoms with van der Waals surface area (Å²) in [5.74, 6) is 2.07. The zero-order valence-electron chi connectivity index (χ0n) is 12.9. The van der Waals surface area contributed by atoms with Crippen molar-refractivity contribution in [2.75, 3.05) is 18.0 Å². The van der Waals surface area contributed by atoms with Crippen LogP contribution < -0.4 is 10.2 Å². The molecule has 1 atom stereocenters. The van der Waals surface area contributed by atoms with Crippen LogP contribution in [0.4, 0.5) is 5.82 Å². The molecule has 1 saturated heterocycles. The Labute approximate surface area is 122 Å². The number of nitrogens with zero attached hydrogens (tertiary/aromatic N) is 2. The van der Waals surface area contributed by atoms with Gasteiger partial charge in [-0.2, -0.15) is 0 Å². The Hall–Kier alpha value is -1.09. The monoisotopic (exact) mass is 273 g/mol. The van der Waals surface area contributed by atoms with Crippen LogP contribution in [0.1, 0.15) is 50.2 Å². The summed E-state index contributed by atoms with van der Waals surface area (Å²) < 4.78 is 0. The first-order valence-corrected chi connectivity index (χ1v) is 8.16. The highest BCUT2D eigenvalue weighted by Gasteiger charge is 2.20. The summed E-state index contributed by atoms with van der Waals surface area (Å²) in [6, 6.07) is 3.08. The average Bonchev–Trinajstić information content (AvgIpc) is 3.25. The highest BCUT2D eigenvalue weighted by molar-refractivity contribution is 5.47. The zero-order valence-corrected chi connectivity index (χ0v) is 12.9. The smallest absolute Gasteiger partial charge is 0.131 e. The van der Waals surface area contributed by atoms with Gasteiger partial charge in [-0.05, 0) is 62.1 Å². The molecule has 0 radical (unpaired) electrons. The summed E-state index contributed by atoms with van der Waals surface area (Å²) in [5.41, 5.74) is 2.65. The molecule has 0 aromatic carbocycles. The number of hydrogen-bond donors (Lipinski definition) is 1. The van der Waals surface area contributed by atoms with E-state index in [0.717, 1.165) is 31.6 Å². The van der Waals surface area contributed by atoms with Gasteiger partial charge >= 0.3 is 0 Å². The first-order chi connectivity index (χ1) is 9.72. The van der Waals surface area contributed by atoms with Crippen molar-refractivity contribution in [1.29, 1.82) is 0 Å². The fourth-order valence-corrected chi connectivity index (χ4v) is 3.08. The molecule has 1 aromatic heterocycles. The third-order valence-corrected chi connectivity index (χ3v) is 4.60. The Morgan fingerprint density at radius 1 is 1.25 bits per heavy atom. The van der Waals surface area contributed by atoms with Gasteiger partial charge in [0.2, 0.25) is 0 Å². The van der Waals surface area contributed by atoms with Crippen LogP contribution in [0.5, 0.6) is 0 Å². The SMILES string of the molecule is Cc1cc(CNC2CC2)cnc1N1CCCC(C)CC1. The topological polar surface area (TPSA) is 28.2 Å². The van der Waals surface area contributed by atoms with Gasteiger partial charge in [0.05, 0.1) is 0 Å². The molecule has 0 bridgehead atoms. The number of nitrogens with one attached hydrogen (secondary N) is 1. The summed E-state index contributed by atoms with van der Waals surface area (Å²) in [5, 5.41) is 3.56. The first-order valence-electron chi connectivity index (χ1n) is 8.16. The van der Waals surface area contributed by atoms with E-state index in [4.69, 9.17) is 4.98 Å². The summed E-state index contributed by atoms with van der Waals surface area (Å²) in [7, 11) is 0. The quantitative estimate of drug-likeness (QED) is 0.912. The van der Waals surface area contributed by atoms with Crippen LogP contribution in [0.15, 0.2) is 12.3 Å². The molecule has 0 amide bonds. The molecule has 0 spiro atoms. The van der Waals surface area contributed by atoms with Crippen LogP contribution >= 0.6 is 0 Å². The van der Waals surface area contributed by atoms with E-state index in [1.807, 2.05) is 0 Å². The normalized spacial score (nSPS) is 23.7. The van der Waals surface area contributed by atoms with Gasteiger partial charge in [0.25, 0.3) is 0 Å². The minimum absolute atomic E-state index is 0.766. The highest BCUT2D eigenvalue weighted by atomic mass is 15.2. The molecule has 1 aliphatic carbocycles. The van der Waals surface area contributed by atoms with E-state index in [1.54, 1.807) is 0 Å². The maximum atomic E-state index is 4.75. The van der Waals surface area contributed by atoms with Gasteiger partial charge in [-0.3, -0.25) is 0 Å². The number of aromatic nitrogens is 1. The van der Waals surface area contributed by atoms with Gasteiger partial charge < -0.3 is 10.2 Å². The molecule has 2 aliphatic rings. The van der Waals surface area contributed by atoms with Gasteiger partial charge in [0.1, 0.15) is 5.82 Å². The van der Waals surface area contributed by atoms with Crippen molar-refractivity contribution in [2.24, 2.45) is 5.92 Å². The van der Waals surface area contributed by atoms with Crippen LogP contribution in [0.25, 0.3) is 0 Å². The highest BCUT2D eigenvalue weighted by Crippen LogP contribution is 2.24. The molecule has 3 heteroatoms. The lowest BCUT2D eigenvalue weighted by Crippen LogP contribution is -2.26. The van der Waals surface area contributed by atoms with Gasteiger partial charge in [-0.15, -0.1) is 0 Å². The Morgan fingerprint density at radius 2 is 2.10 bits per heavy atom. The summed E-state index contributed by atoms with van der Waals surface area (Å²) in [6.07, 6.45) is 8.71. The number of hydrogen-bond acceptors (Lipinski definition) is 3. The molecule has 1 aliphatic heterocycles. The zero-order chi connectivity index (χ0) is 13.9. The number of aryl methyl sites for hydroxylation is 1. The van der Waals surface area contributed by atoms with E-state index >= 15 is 0 Å². The molecular weight excluding hydrogens is 246 g/mol. The molecule has 1 aromatic rings. The van der Waals surface area contributed by atoms with E-state index in [2.05, 4.69) is 36.3 Å². The maximum Gasteiger partial charge on any atom is 0.131 e. The van der Waals surface area contributed by atoms with Gasteiger partial charge in [0, 0.05) is 31.9 Å². The van der Waals surface area contributed by atoms with E-state index in [9.17, 15) is 0 Å². The van der Waals surface area contributed by atoms with Gasteiger partial charge in [-0.1, -0.05) is 6.92 Å². The number of rotatable bonds is 4. The second kappa shape index (κ2) is 6.13. The van der Waals surface area contributed by atoms with Crippen LogP contribution in [0, 0.1) is 12.8 Å². The lowest BCUT2D eigenvalue weighted by atomic mass is 10.0. The second-order valence-electron chi connectivity index (χ2n) is 6.66. The number of pyridine rings is 1. The van der Waals surface area contributed by atoms with Crippen molar-refractivity contribution >= 4 is 5.82 Å². The van der Waals surface area contributed by atoms with Gasteiger partial charge in [0.15, 0.2) is 0 Å². The lowest BCUT2D eigenvalue weighted by molar-refractivity contribution is 0.521. The van der Waals surface area contributed by atoms with Crippen LogP contribution in [-0.4, -0.2) is 24.1 Å². The third-order valence-electron chi connectivity index (χ3n) is 4.60. The van der Waals surface area contributed by atoms with Crippen molar-refractivity contribution in [3.05, 3.63) is 23.4 Å². The molecule has 2 heterocycles. The van der Waals surface area contributed by atoms with Crippen LogP contribution in [0.3, 0.4) is 0 Å². The molecule has 20 heavy (non-hydrogen) atoms. The molecule has 1 saturated carbocycles. The summed E-state index contributed by atoms with van der Waals surface area (Å²) in [4.78, 5) is 7.24.